The van der Waals surface area contributed by atoms with Crippen molar-refractivity contribution in [2.75, 3.05) is 18.5 Å². The molecule has 1 aromatic carbocycles. The number of thiophene rings is 1. The van der Waals surface area contributed by atoms with Gasteiger partial charge in [0.1, 0.15) is 21.6 Å². The summed E-state index contributed by atoms with van der Waals surface area (Å²) in [4.78, 5) is 40.9. The highest BCUT2D eigenvalue weighted by molar-refractivity contribution is 8.26. The van der Waals surface area contributed by atoms with Gasteiger partial charge >= 0.3 is 5.97 Å². The Labute approximate surface area is 230 Å². The monoisotopic (exact) mass is 558 g/mol. The highest BCUT2D eigenvalue weighted by Gasteiger charge is 2.34. The first-order valence-corrected chi connectivity index (χ1v) is 14.4. The highest BCUT2D eigenvalue weighted by Crippen LogP contribution is 2.35. The van der Waals surface area contributed by atoms with E-state index >= 15 is 0 Å². The summed E-state index contributed by atoms with van der Waals surface area (Å²) < 4.78 is 11.5. The summed E-state index contributed by atoms with van der Waals surface area (Å²) in [6, 6.07) is 7.66. The summed E-state index contributed by atoms with van der Waals surface area (Å²) in [7, 11) is 0. The van der Waals surface area contributed by atoms with E-state index in [1.54, 1.807) is 13.0 Å². The molecule has 1 saturated heterocycles. The smallest absolute Gasteiger partial charge is 0.341 e. The van der Waals surface area contributed by atoms with Gasteiger partial charge in [0.05, 0.1) is 23.2 Å². The standard InChI is InChI=1S/C27H30N2O5S3/c1-4-33-26(32)23-16(2)17(3)36-24(23)28-22(30)15-29-25(31)21(37-27(29)35)14-18-10-12-20(13-11-18)34-19-8-6-5-7-9-19/h10-14,19H,4-9,15H2,1-3H3,(H,28,30)/b21-14-. The number of carbonyl (C=O) groups is 3. The molecule has 0 spiro atoms. The Kier molecular flexibility index (Phi) is 9.04. The minimum atomic E-state index is -0.483. The average Bonchev–Trinajstić information content (AvgIpc) is 3.29. The van der Waals surface area contributed by atoms with Crippen LogP contribution >= 0.6 is 35.3 Å². The molecule has 1 N–H and O–H groups in total. The molecule has 4 rings (SSSR count). The van der Waals surface area contributed by atoms with Gasteiger partial charge in [0.25, 0.3) is 5.91 Å². The van der Waals surface area contributed by atoms with E-state index in [1.165, 1.54) is 35.5 Å². The molecule has 1 aliphatic heterocycles. The first kappa shape index (κ1) is 27.3. The van der Waals surface area contributed by atoms with Crippen molar-refractivity contribution in [3.8, 4) is 5.75 Å². The molecule has 7 nitrogen and oxygen atoms in total. The van der Waals surface area contributed by atoms with Crippen LogP contribution < -0.4 is 10.1 Å². The molecular weight excluding hydrogens is 529 g/mol. The van der Waals surface area contributed by atoms with Gasteiger partial charge in [0.15, 0.2) is 0 Å². The predicted octanol–water partition coefficient (Wildman–Crippen LogP) is 6.09. The van der Waals surface area contributed by atoms with E-state index in [0.717, 1.165) is 46.4 Å². The number of anilines is 1. The Morgan fingerprint density at radius 1 is 1.16 bits per heavy atom. The van der Waals surface area contributed by atoms with Gasteiger partial charge in [-0.2, -0.15) is 0 Å². The highest BCUT2D eigenvalue weighted by atomic mass is 32.2. The Morgan fingerprint density at radius 2 is 1.86 bits per heavy atom. The third-order valence-electron chi connectivity index (χ3n) is 6.33. The third-order valence-corrected chi connectivity index (χ3v) is 8.83. The minimum Gasteiger partial charge on any atom is -0.490 e. The van der Waals surface area contributed by atoms with E-state index < -0.39 is 11.9 Å². The van der Waals surface area contributed by atoms with Crippen LogP contribution in [0.25, 0.3) is 6.08 Å². The maximum Gasteiger partial charge on any atom is 0.341 e. The summed E-state index contributed by atoms with van der Waals surface area (Å²) in [6.07, 6.45) is 7.93. The lowest BCUT2D eigenvalue weighted by atomic mass is 9.98. The molecule has 1 aliphatic carbocycles. The average molecular weight is 559 g/mol. The number of hydrogen-bond donors (Lipinski definition) is 1. The molecule has 0 bridgehead atoms. The van der Waals surface area contributed by atoms with Crippen molar-refractivity contribution in [2.24, 2.45) is 0 Å². The maximum atomic E-state index is 13.0. The predicted molar refractivity (Wildman–Crippen MR) is 152 cm³/mol. The molecule has 1 aromatic heterocycles. The lowest BCUT2D eigenvalue weighted by Gasteiger charge is -2.22. The van der Waals surface area contributed by atoms with Crippen LogP contribution in [0.4, 0.5) is 5.00 Å². The summed E-state index contributed by atoms with van der Waals surface area (Å²) in [5, 5.41) is 3.18. The van der Waals surface area contributed by atoms with Crippen molar-refractivity contribution in [3.63, 3.8) is 0 Å². The molecule has 2 fully saturated rings. The fourth-order valence-electron chi connectivity index (χ4n) is 4.28. The largest absolute Gasteiger partial charge is 0.490 e. The minimum absolute atomic E-state index is 0.236. The number of hydrogen-bond acceptors (Lipinski definition) is 8. The zero-order valence-electron chi connectivity index (χ0n) is 21.1. The summed E-state index contributed by atoms with van der Waals surface area (Å²) in [5.74, 6) is -0.414. The van der Waals surface area contributed by atoms with Crippen LogP contribution in [0.2, 0.25) is 0 Å². The molecular formula is C27H30N2O5S3. The molecule has 0 unspecified atom stereocenters. The second-order valence-electron chi connectivity index (χ2n) is 8.97. The first-order chi connectivity index (χ1) is 17.8. The Morgan fingerprint density at radius 3 is 2.54 bits per heavy atom. The number of esters is 1. The maximum absolute atomic E-state index is 13.0. The third kappa shape index (κ3) is 6.61. The number of rotatable bonds is 8. The van der Waals surface area contributed by atoms with Crippen LogP contribution in [0.3, 0.4) is 0 Å². The summed E-state index contributed by atoms with van der Waals surface area (Å²) in [5.41, 5.74) is 1.96. The van der Waals surface area contributed by atoms with Crippen LogP contribution in [0, 0.1) is 13.8 Å². The van der Waals surface area contributed by atoms with Crippen LogP contribution in [0.1, 0.15) is 65.4 Å². The van der Waals surface area contributed by atoms with Gasteiger partial charge in [-0.3, -0.25) is 14.5 Å². The van der Waals surface area contributed by atoms with Gasteiger partial charge in [-0.1, -0.05) is 42.5 Å². The SMILES string of the molecule is CCOC(=O)c1c(NC(=O)CN2C(=O)/C(=C/c3ccc(OC4CCCCC4)cc3)SC2=S)sc(C)c1C. The number of thioether (sulfide) groups is 1. The fourth-order valence-corrected chi connectivity index (χ4v) is 6.60. The number of aryl methyl sites for hydroxylation is 1. The number of amides is 2. The summed E-state index contributed by atoms with van der Waals surface area (Å²) in [6.45, 7) is 5.41. The Bertz CT molecular complexity index is 1230. The van der Waals surface area contributed by atoms with Crippen molar-refractivity contribution in [1.29, 1.82) is 0 Å². The quantitative estimate of drug-likeness (QED) is 0.238. The number of nitrogens with one attached hydrogen (secondary N) is 1. The first-order valence-electron chi connectivity index (χ1n) is 12.4. The van der Waals surface area contributed by atoms with Crippen molar-refractivity contribution in [3.05, 3.63) is 50.7 Å². The molecule has 2 aliphatic rings. The topological polar surface area (TPSA) is 84.9 Å². The van der Waals surface area contributed by atoms with E-state index in [0.29, 0.717) is 19.8 Å². The van der Waals surface area contributed by atoms with Gasteiger partial charge in [0, 0.05) is 4.88 Å². The Balaban J connectivity index is 1.39. The lowest BCUT2D eigenvalue weighted by Crippen LogP contribution is -2.36. The van der Waals surface area contributed by atoms with Gasteiger partial charge in [0.2, 0.25) is 5.91 Å². The number of carbonyl (C=O) groups excluding carboxylic acids is 3. The van der Waals surface area contributed by atoms with Gasteiger partial charge in [-0.25, -0.2) is 4.79 Å². The van der Waals surface area contributed by atoms with Crippen LogP contribution in [-0.4, -0.2) is 46.3 Å². The summed E-state index contributed by atoms with van der Waals surface area (Å²) >= 11 is 7.85. The molecule has 37 heavy (non-hydrogen) atoms. The van der Waals surface area contributed by atoms with Crippen LogP contribution in [0.15, 0.2) is 29.2 Å². The van der Waals surface area contributed by atoms with E-state index in [-0.39, 0.29) is 25.2 Å². The second kappa shape index (κ2) is 12.2. The van der Waals surface area contributed by atoms with Crippen LogP contribution in [0.5, 0.6) is 5.75 Å². The second-order valence-corrected chi connectivity index (χ2v) is 11.9. The zero-order valence-corrected chi connectivity index (χ0v) is 23.6. The van der Waals surface area contributed by atoms with Gasteiger partial charge in [-0.15, -0.1) is 11.3 Å². The molecule has 0 atom stereocenters. The van der Waals surface area contributed by atoms with Gasteiger partial charge < -0.3 is 14.8 Å². The zero-order chi connectivity index (χ0) is 26.5. The molecule has 196 valence electrons. The van der Waals surface area contributed by atoms with E-state index in [1.807, 2.05) is 38.1 Å². The fraction of sp³-hybridized carbons (Fsp3) is 0.407. The normalized spacial score (nSPS) is 17.4. The van der Waals surface area contributed by atoms with Crippen molar-refractivity contribution >= 4 is 68.5 Å². The molecule has 2 heterocycles. The molecule has 0 radical (unpaired) electrons. The van der Waals surface area contributed by atoms with E-state index in [9.17, 15) is 14.4 Å². The number of benzene rings is 1. The molecule has 2 aromatic rings. The Hall–Kier alpha value is -2.69. The molecule has 2 amide bonds. The van der Waals surface area contributed by atoms with Crippen LogP contribution in [-0.2, 0) is 14.3 Å². The number of nitrogens with zero attached hydrogens (tertiary/aromatic N) is 1. The van der Waals surface area contributed by atoms with E-state index in [4.69, 9.17) is 21.7 Å². The molecule has 1 saturated carbocycles. The molecule has 10 heteroatoms. The van der Waals surface area contributed by atoms with E-state index in [2.05, 4.69) is 5.32 Å². The number of ether oxygens (including phenoxy) is 2. The van der Waals surface area contributed by atoms with Crippen molar-refractivity contribution in [2.45, 2.75) is 59.0 Å². The van der Waals surface area contributed by atoms with Crippen molar-refractivity contribution in [1.82, 2.24) is 4.90 Å². The van der Waals surface area contributed by atoms with Crippen molar-refractivity contribution < 1.29 is 23.9 Å². The lowest BCUT2D eigenvalue weighted by molar-refractivity contribution is -0.126. The van der Waals surface area contributed by atoms with Gasteiger partial charge in [-0.05, 0) is 75.8 Å². The number of thiocarbonyl (C=S) groups is 1.